The largest absolute Gasteiger partial charge is 0.507 e. The van der Waals surface area contributed by atoms with Crippen LogP contribution in [0.15, 0.2) is 30.3 Å². The molecule has 2 rings (SSSR count). The van der Waals surface area contributed by atoms with Crippen molar-refractivity contribution in [2.75, 3.05) is 13.2 Å². The summed E-state index contributed by atoms with van der Waals surface area (Å²) in [6.45, 7) is 10.7. The van der Waals surface area contributed by atoms with E-state index in [1.54, 1.807) is 25.1 Å². The molecule has 2 aromatic carbocycles. The number of phenolic OH excluding ortho intramolecular Hbond substituents is 1. The maximum Gasteiger partial charge on any atom is 0.167 e. The summed E-state index contributed by atoms with van der Waals surface area (Å²) in [6, 6.07) is 8.88. The first-order valence-electron chi connectivity index (χ1n) is 10.8. The number of unbranched alkanes of at least 4 members (excludes halogenated alkanes) is 2. The Morgan fingerprint density at radius 3 is 2.13 bits per heavy atom. The first-order valence-corrected chi connectivity index (χ1v) is 10.8. The Hall–Kier alpha value is -2.82. The average molecular weight is 427 g/mol. The summed E-state index contributed by atoms with van der Waals surface area (Å²) in [7, 11) is 0. The molecule has 5 heteroatoms. The summed E-state index contributed by atoms with van der Waals surface area (Å²) in [5.41, 5.74) is 2.32. The van der Waals surface area contributed by atoms with Crippen LogP contribution in [0.2, 0.25) is 0 Å². The monoisotopic (exact) mass is 426 g/mol. The highest BCUT2D eigenvalue weighted by atomic mass is 16.5. The fraction of sp³-hybridized carbons (Fsp3) is 0.462. The molecule has 0 bridgehead atoms. The number of aromatic hydroxyl groups is 1. The zero-order valence-corrected chi connectivity index (χ0v) is 19.3. The number of ketones is 1. The van der Waals surface area contributed by atoms with E-state index in [9.17, 15) is 14.7 Å². The molecule has 0 aliphatic carbocycles. The number of hydrogen-bond acceptors (Lipinski definition) is 5. The smallest absolute Gasteiger partial charge is 0.167 e. The molecule has 0 aliphatic rings. The minimum atomic E-state index is -0.133. The second-order valence-corrected chi connectivity index (χ2v) is 9.09. The van der Waals surface area contributed by atoms with Crippen LogP contribution in [-0.4, -0.2) is 30.4 Å². The van der Waals surface area contributed by atoms with Gasteiger partial charge in [-0.05, 0) is 56.7 Å². The lowest BCUT2D eigenvalue weighted by Crippen LogP contribution is -2.13. The lowest BCUT2D eigenvalue weighted by Gasteiger charge is -2.18. The van der Waals surface area contributed by atoms with Crippen LogP contribution in [-0.2, 0) is 0 Å². The van der Waals surface area contributed by atoms with E-state index in [2.05, 4.69) is 0 Å². The number of Topliss-reactive ketones (excluding diaryl/α,β-unsaturated/α-hetero) is 1. The predicted octanol–water partition coefficient (Wildman–Crippen LogP) is 6.07. The highest BCUT2D eigenvalue weighted by molar-refractivity contribution is 5.99. The maximum atomic E-state index is 12.4. The van der Waals surface area contributed by atoms with Gasteiger partial charge in [0.05, 0.1) is 18.8 Å². The van der Waals surface area contributed by atoms with Crippen LogP contribution >= 0.6 is 0 Å². The van der Waals surface area contributed by atoms with Gasteiger partial charge < -0.3 is 14.6 Å². The molecule has 0 saturated carbocycles. The summed E-state index contributed by atoms with van der Waals surface area (Å²) in [6.07, 6.45) is 3.87. The molecule has 0 radical (unpaired) electrons. The third-order valence-electron chi connectivity index (χ3n) is 5.13. The van der Waals surface area contributed by atoms with Gasteiger partial charge in [-0.1, -0.05) is 32.9 Å². The molecule has 0 atom stereocenters. The Labute approximate surface area is 185 Å². The van der Waals surface area contributed by atoms with Crippen LogP contribution in [0, 0.1) is 19.3 Å². The van der Waals surface area contributed by atoms with Gasteiger partial charge >= 0.3 is 0 Å². The number of rotatable bonds is 11. The van der Waals surface area contributed by atoms with E-state index in [1.165, 1.54) is 0 Å². The molecule has 31 heavy (non-hydrogen) atoms. The van der Waals surface area contributed by atoms with Gasteiger partial charge in [-0.25, -0.2) is 0 Å². The Morgan fingerprint density at radius 2 is 1.55 bits per heavy atom. The van der Waals surface area contributed by atoms with Crippen LogP contribution < -0.4 is 9.47 Å². The lowest BCUT2D eigenvalue weighted by molar-refractivity contribution is 0.0936. The van der Waals surface area contributed by atoms with Gasteiger partial charge in [0.15, 0.2) is 5.78 Å². The van der Waals surface area contributed by atoms with Crippen LogP contribution in [0.25, 0.3) is 0 Å². The van der Waals surface area contributed by atoms with E-state index < -0.39 is 0 Å². The molecule has 0 heterocycles. The molecule has 0 saturated heterocycles. The predicted molar refractivity (Wildman–Crippen MR) is 123 cm³/mol. The van der Waals surface area contributed by atoms with Crippen molar-refractivity contribution in [3.05, 3.63) is 52.6 Å². The van der Waals surface area contributed by atoms with Crippen LogP contribution in [0.4, 0.5) is 0 Å². The first kappa shape index (κ1) is 24.4. The summed E-state index contributed by atoms with van der Waals surface area (Å²) in [5.74, 6) is 1.29. The minimum absolute atomic E-state index is 0.00748. The van der Waals surface area contributed by atoms with Gasteiger partial charge in [-0.2, -0.15) is 0 Å². The van der Waals surface area contributed by atoms with Gasteiger partial charge in [0.2, 0.25) is 0 Å². The number of phenols is 1. The fourth-order valence-electron chi connectivity index (χ4n) is 3.30. The third-order valence-corrected chi connectivity index (χ3v) is 5.13. The lowest BCUT2D eigenvalue weighted by atomic mass is 9.87. The van der Waals surface area contributed by atoms with Crippen molar-refractivity contribution in [3.8, 4) is 17.2 Å². The van der Waals surface area contributed by atoms with Crippen molar-refractivity contribution in [1.82, 2.24) is 0 Å². The number of hydrogen-bond donors (Lipinski definition) is 1. The van der Waals surface area contributed by atoms with Crippen molar-refractivity contribution in [2.24, 2.45) is 5.41 Å². The average Bonchev–Trinajstić information content (AvgIpc) is 2.70. The van der Waals surface area contributed by atoms with Gasteiger partial charge in [-0.15, -0.1) is 0 Å². The molecule has 0 spiro atoms. The number of carbonyl (C=O) groups excluding carboxylic acids is 2. The van der Waals surface area contributed by atoms with E-state index in [0.29, 0.717) is 42.1 Å². The van der Waals surface area contributed by atoms with Crippen molar-refractivity contribution in [1.29, 1.82) is 0 Å². The molecular weight excluding hydrogens is 392 g/mol. The van der Waals surface area contributed by atoms with Crippen molar-refractivity contribution in [2.45, 2.75) is 60.3 Å². The molecular formula is C26H34O5. The Bertz CT molecular complexity index is 909. The van der Waals surface area contributed by atoms with Gasteiger partial charge in [0.25, 0.3) is 0 Å². The molecule has 168 valence electrons. The molecule has 0 amide bonds. The Kier molecular flexibility index (Phi) is 8.66. The summed E-state index contributed by atoms with van der Waals surface area (Å²) < 4.78 is 11.6. The van der Waals surface area contributed by atoms with Gasteiger partial charge in [0.1, 0.15) is 23.5 Å². The van der Waals surface area contributed by atoms with Gasteiger partial charge in [0, 0.05) is 23.1 Å². The Balaban J connectivity index is 1.77. The molecule has 0 aromatic heterocycles. The van der Waals surface area contributed by atoms with E-state index in [-0.39, 0.29) is 16.9 Å². The first-order chi connectivity index (χ1) is 14.6. The highest BCUT2D eigenvalue weighted by Crippen LogP contribution is 2.33. The minimum Gasteiger partial charge on any atom is -0.507 e. The van der Waals surface area contributed by atoms with Crippen LogP contribution in [0.5, 0.6) is 17.2 Å². The van der Waals surface area contributed by atoms with Crippen LogP contribution in [0.3, 0.4) is 0 Å². The quantitative estimate of drug-likeness (QED) is 0.268. The normalized spacial score (nSPS) is 11.3. The number of benzene rings is 2. The SMILES string of the molecule is Cc1c(C=O)cccc1OCCCCCOc1ccc(C(=O)CC(C)(C)C)c(O)c1C. The topological polar surface area (TPSA) is 72.8 Å². The highest BCUT2D eigenvalue weighted by Gasteiger charge is 2.21. The van der Waals surface area contributed by atoms with Crippen molar-refractivity contribution < 1.29 is 24.2 Å². The third kappa shape index (κ3) is 7.12. The van der Waals surface area contributed by atoms with Crippen LogP contribution in [0.1, 0.15) is 78.3 Å². The standard InChI is InChI=1S/C26H34O5/c1-18-20(17-27)10-9-11-23(18)30-14-7-6-8-15-31-24-13-12-21(25(29)19(24)2)22(28)16-26(3,4)5/h9-13,17,29H,6-8,14-16H2,1-5H3. The van der Waals surface area contributed by atoms with E-state index >= 15 is 0 Å². The molecule has 1 N–H and O–H groups in total. The number of aldehydes is 1. The fourth-order valence-corrected chi connectivity index (χ4v) is 3.30. The maximum absolute atomic E-state index is 12.4. The van der Waals surface area contributed by atoms with Crippen molar-refractivity contribution >= 4 is 12.1 Å². The van der Waals surface area contributed by atoms with Crippen molar-refractivity contribution in [3.63, 3.8) is 0 Å². The number of carbonyl (C=O) groups is 2. The molecule has 0 unspecified atom stereocenters. The summed E-state index contributed by atoms with van der Waals surface area (Å²) >= 11 is 0. The zero-order chi connectivity index (χ0) is 23.0. The zero-order valence-electron chi connectivity index (χ0n) is 19.3. The molecule has 2 aromatic rings. The summed E-state index contributed by atoms with van der Waals surface area (Å²) in [4.78, 5) is 23.4. The number of ether oxygens (including phenoxy) is 2. The molecule has 0 aliphatic heterocycles. The van der Waals surface area contributed by atoms with E-state index in [1.807, 2.05) is 39.8 Å². The van der Waals surface area contributed by atoms with Gasteiger partial charge in [-0.3, -0.25) is 9.59 Å². The van der Waals surface area contributed by atoms with E-state index in [4.69, 9.17) is 9.47 Å². The molecule has 5 nitrogen and oxygen atoms in total. The second kappa shape index (κ2) is 11.0. The molecule has 0 fully saturated rings. The Morgan fingerprint density at radius 1 is 0.935 bits per heavy atom. The summed E-state index contributed by atoms with van der Waals surface area (Å²) in [5, 5.41) is 10.4. The second-order valence-electron chi connectivity index (χ2n) is 9.09. The van der Waals surface area contributed by atoms with E-state index in [0.717, 1.165) is 36.9 Å².